The average Bonchev–Trinajstić information content (AvgIpc) is 3.16. The summed E-state index contributed by atoms with van der Waals surface area (Å²) in [4.78, 5) is 14.2. The minimum atomic E-state index is -0.182. The smallest absolute Gasteiger partial charge is 0.244 e. The molecule has 3 aromatic rings. The molecule has 0 bridgehead atoms. The highest BCUT2D eigenvalue weighted by molar-refractivity contribution is 5.83. The second kappa shape index (κ2) is 8.90. The molecule has 0 aliphatic rings. The molecule has 144 valence electrons. The Labute approximate surface area is 165 Å². The molecule has 1 N–H and O–H groups in total. The normalized spacial score (nSPS) is 10.8. The molecule has 1 heterocycles. The van der Waals surface area contributed by atoms with Crippen molar-refractivity contribution < 1.29 is 9.53 Å². The predicted octanol–water partition coefficient (Wildman–Crippen LogP) is 3.24. The average molecular weight is 376 g/mol. The Morgan fingerprint density at radius 1 is 1.14 bits per heavy atom. The number of ether oxygens (including phenoxy) is 1. The highest BCUT2D eigenvalue weighted by Gasteiger charge is 2.05. The lowest BCUT2D eigenvalue weighted by atomic mass is 10.1. The number of hydrazone groups is 1. The molecule has 0 saturated heterocycles. The lowest BCUT2D eigenvalue weighted by Crippen LogP contribution is -2.20. The summed E-state index contributed by atoms with van der Waals surface area (Å²) >= 11 is 0. The number of amides is 1. The summed E-state index contributed by atoms with van der Waals surface area (Å²) in [5.41, 5.74) is 6.49. The fourth-order valence-corrected chi connectivity index (χ4v) is 2.82. The number of hydrogen-bond donors (Lipinski definition) is 1. The number of methoxy groups -OCH3 is 1. The highest BCUT2D eigenvalue weighted by Crippen LogP contribution is 2.17. The third kappa shape index (κ3) is 4.79. The summed E-state index contributed by atoms with van der Waals surface area (Å²) in [6, 6.07) is 19.5. The molecule has 0 unspecified atom stereocenters. The van der Waals surface area contributed by atoms with E-state index in [9.17, 15) is 4.79 Å². The lowest BCUT2D eigenvalue weighted by Gasteiger charge is -2.13. The van der Waals surface area contributed by atoms with Gasteiger partial charge in [-0.1, -0.05) is 12.1 Å². The maximum absolute atomic E-state index is 12.1. The van der Waals surface area contributed by atoms with Gasteiger partial charge in [0.25, 0.3) is 0 Å². The Balaban J connectivity index is 1.63. The number of nitrogens with one attached hydrogen (secondary N) is 1. The van der Waals surface area contributed by atoms with Gasteiger partial charge >= 0.3 is 0 Å². The zero-order chi connectivity index (χ0) is 19.9. The van der Waals surface area contributed by atoms with E-state index < -0.39 is 0 Å². The van der Waals surface area contributed by atoms with Gasteiger partial charge in [0.2, 0.25) is 5.91 Å². The van der Waals surface area contributed by atoms with Crippen LogP contribution >= 0.6 is 0 Å². The number of anilines is 1. The molecule has 0 aliphatic carbocycles. The third-order valence-corrected chi connectivity index (χ3v) is 4.31. The number of carbonyl (C=O) groups excluding carboxylic acids is 1. The van der Waals surface area contributed by atoms with Crippen LogP contribution in [0.5, 0.6) is 5.75 Å². The van der Waals surface area contributed by atoms with Gasteiger partial charge in [0.05, 0.1) is 25.4 Å². The van der Waals surface area contributed by atoms with Gasteiger partial charge in [-0.05, 0) is 54.1 Å². The first-order valence-electron chi connectivity index (χ1n) is 8.97. The molecule has 0 fully saturated rings. The van der Waals surface area contributed by atoms with Crippen LogP contribution in [0.2, 0.25) is 0 Å². The standard InChI is InChI=1S/C22H24N4O2/c1-25(2)18-9-11-19(12-10-18)26-13-5-7-20(26)16-23-24-22(27)15-17-6-4-8-21(14-17)28-3/h4-14,16H,15H2,1-3H3,(H,24,27)/b23-16+. The molecule has 6 nitrogen and oxygen atoms in total. The van der Waals surface area contributed by atoms with Gasteiger partial charge < -0.3 is 14.2 Å². The van der Waals surface area contributed by atoms with E-state index in [0.29, 0.717) is 0 Å². The number of aromatic nitrogens is 1. The van der Waals surface area contributed by atoms with Gasteiger partial charge in [-0.2, -0.15) is 5.10 Å². The molecule has 3 rings (SSSR count). The van der Waals surface area contributed by atoms with Crippen molar-refractivity contribution in [1.82, 2.24) is 9.99 Å². The van der Waals surface area contributed by atoms with Crippen molar-refractivity contribution in [2.75, 3.05) is 26.1 Å². The lowest BCUT2D eigenvalue weighted by molar-refractivity contribution is -0.120. The Morgan fingerprint density at radius 2 is 1.93 bits per heavy atom. The summed E-state index contributed by atoms with van der Waals surface area (Å²) in [6.45, 7) is 0. The Morgan fingerprint density at radius 3 is 2.64 bits per heavy atom. The molecule has 0 atom stereocenters. The quantitative estimate of drug-likeness (QED) is 0.509. The Hall–Kier alpha value is -3.54. The van der Waals surface area contributed by atoms with Gasteiger partial charge in [0, 0.05) is 31.7 Å². The first-order chi connectivity index (χ1) is 13.6. The van der Waals surface area contributed by atoms with E-state index in [1.54, 1.807) is 13.3 Å². The molecule has 0 aliphatic heterocycles. The van der Waals surface area contributed by atoms with E-state index in [1.807, 2.05) is 73.4 Å². The molecule has 28 heavy (non-hydrogen) atoms. The zero-order valence-corrected chi connectivity index (χ0v) is 16.3. The molecule has 1 amide bonds. The Kier molecular flexibility index (Phi) is 6.11. The Bertz CT molecular complexity index is 959. The van der Waals surface area contributed by atoms with Crippen LogP contribution in [0.25, 0.3) is 5.69 Å². The molecule has 2 aromatic carbocycles. The van der Waals surface area contributed by atoms with E-state index in [-0.39, 0.29) is 12.3 Å². The van der Waals surface area contributed by atoms with Crippen molar-refractivity contribution in [3.8, 4) is 11.4 Å². The maximum Gasteiger partial charge on any atom is 0.244 e. The van der Waals surface area contributed by atoms with Crippen molar-refractivity contribution in [3.63, 3.8) is 0 Å². The first kappa shape index (κ1) is 19.2. The fourth-order valence-electron chi connectivity index (χ4n) is 2.82. The predicted molar refractivity (Wildman–Crippen MR) is 113 cm³/mol. The second-order valence-electron chi connectivity index (χ2n) is 6.54. The SMILES string of the molecule is COc1cccc(CC(=O)N/N=C/c2cccn2-c2ccc(N(C)C)cc2)c1. The van der Waals surface area contributed by atoms with Gasteiger partial charge in [-0.25, -0.2) is 5.43 Å². The van der Waals surface area contributed by atoms with Gasteiger partial charge in [-0.3, -0.25) is 4.79 Å². The van der Waals surface area contributed by atoms with Crippen LogP contribution in [0.15, 0.2) is 72.0 Å². The van der Waals surface area contributed by atoms with Crippen LogP contribution in [-0.4, -0.2) is 37.9 Å². The number of nitrogens with zero attached hydrogens (tertiary/aromatic N) is 3. The molecule has 0 spiro atoms. The zero-order valence-electron chi connectivity index (χ0n) is 16.3. The van der Waals surface area contributed by atoms with E-state index in [1.165, 1.54) is 0 Å². The van der Waals surface area contributed by atoms with Gasteiger partial charge in [0.1, 0.15) is 5.75 Å². The fraction of sp³-hybridized carbons (Fsp3) is 0.182. The second-order valence-corrected chi connectivity index (χ2v) is 6.54. The van der Waals surface area contributed by atoms with Crippen molar-refractivity contribution in [2.24, 2.45) is 5.10 Å². The van der Waals surface area contributed by atoms with Gasteiger partial charge in [0.15, 0.2) is 0 Å². The molecular formula is C22H24N4O2. The molecule has 0 saturated carbocycles. The van der Waals surface area contributed by atoms with E-state index >= 15 is 0 Å². The molecular weight excluding hydrogens is 352 g/mol. The number of carbonyl (C=O) groups is 1. The van der Waals surface area contributed by atoms with Crippen LogP contribution in [0.3, 0.4) is 0 Å². The van der Waals surface area contributed by atoms with E-state index in [0.717, 1.165) is 28.4 Å². The van der Waals surface area contributed by atoms with Crippen molar-refractivity contribution in [3.05, 3.63) is 78.1 Å². The monoisotopic (exact) mass is 376 g/mol. The van der Waals surface area contributed by atoms with Crippen molar-refractivity contribution in [1.29, 1.82) is 0 Å². The van der Waals surface area contributed by atoms with Crippen molar-refractivity contribution >= 4 is 17.8 Å². The van der Waals surface area contributed by atoms with Gasteiger partial charge in [-0.15, -0.1) is 0 Å². The topological polar surface area (TPSA) is 58.9 Å². The summed E-state index contributed by atoms with van der Waals surface area (Å²) in [5.74, 6) is 0.546. The van der Waals surface area contributed by atoms with Crippen molar-refractivity contribution in [2.45, 2.75) is 6.42 Å². The highest BCUT2D eigenvalue weighted by atomic mass is 16.5. The van der Waals surface area contributed by atoms with Crippen LogP contribution in [0.1, 0.15) is 11.3 Å². The van der Waals surface area contributed by atoms with E-state index in [2.05, 4.69) is 27.6 Å². The number of benzene rings is 2. The molecule has 6 heteroatoms. The van der Waals surface area contributed by atoms with Crippen LogP contribution < -0.4 is 15.1 Å². The minimum Gasteiger partial charge on any atom is -0.497 e. The van der Waals surface area contributed by atoms with Crippen LogP contribution in [0, 0.1) is 0 Å². The summed E-state index contributed by atoms with van der Waals surface area (Å²) in [7, 11) is 5.63. The summed E-state index contributed by atoms with van der Waals surface area (Å²) in [5, 5.41) is 4.10. The minimum absolute atomic E-state index is 0.182. The largest absolute Gasteiger partial charge is 0.497 e. The third-order valence-electron chi connectivity index (χ3n) is 4.31. The van der Waals surface area contributed by atoms with Crippen LogP contribution in [0.4, 0.5) is 5.69 Å². The number of hydrogen-bond acceptors (Lipinski definition) is 4. The van der Waals surface area contributed by atoms with Crippen LogP contribution in [-0.2, 0) is 11.2 Å². The molecule has 1 aromatic heterocycles. The first-order valence-corrected chi connectivity index (χ1v) is 8.97. The number of rotatable bonds is 7. The molecule has 0 radical (unpaired) electrons. The van der Waals surface area contributed by atoms with E-state index in [4.69, 9.17) is 4.74 Å². The summed E-state index contributed by atoms with van der Waals surface area (Å²) in [6.07, 6.45) is 3.84. The summed E-state index contributed by atoms with van der Waals surface area (Å²) < 4.78 is 7.19. The maximum atomic E-state index is 12.1.